The molecule has 2 rings (SSSR count). The fourth-order valence-corrected chi connectivity index (χ4v) is 3.08. The molecule has 0 saturated heterocycles. The second-order valence-corrected chi connectivity index (χ2v) is 5.80. The van der Waals surface area contributed by atoms with Crippen molar-refractivity contribution in [2.24, 2.45) is 5.92 Å². The van der Waals surface area contributed by atoms with Gasteiger partial charge in [0.2, 0.25) is 0 Å². The molecule has 112 valence electrons. The van der Waals surface area contributed by atoms with Crippen LogP contribution in [-0.4, -0.2) is 13.2 Å². The second-order valence-electron chi connectivity index (χ2n) is 5.80. The van der Waals surface area contributed by atoms with E-state index in [1.807, 2.05) is 13.1 Å². The van der Waals surface area contributed by atoms with E-state index >= 15 is 0 Å². The first-order valence-electron chi connectivity index (χ1n) is 7.79. The quantitative estimate of drug-likeness (QED) is 0.859. The summed E-state index contributed by atoms with van der Waals surface area (Å²) in [5.41, 5.74) is 1.04. The first kappa shape index (κ1) is 15.3. The Morgan fingerprint density at radius 3 is 2.80 bits per heavy atom. The van der Waals surface area contributed by atoms with Crippen LogP contribution >= 0.6 is 0 Å². The summed E-state index contributed by atoms with van der Waals surface area (Å²) in [7, 11) is 1.91. The Morgan fingerprint density at radius 1 is 1.35 bits per heavy atom. The molecule has 3 heteroatoms. The predicted molar refractivity (Wildman–Crippen MR) is 80.5 cm³/mol. The maximum Gasteiger partial charge on any atom is 0.127 e. The topological polar surface area (TPSA) is 21.3 Å². The van der Waals surface area contributed by atoms with Crippen LogP contribution in [0.5, 0.6) is 5.75 Å². The van der Waals surface area contributed by atoms with Gasteiger partial charge in [-0.1, -0.05) is 19.4 Å². The molecule has 1 saturated carbocycles. The van der Waals surface area contributed by atoms with Crippen LogP contribution in [0.2, 0.25) is 0 Å². The van der Waals surface area contributed by atoms with Crippen LogP contribution in [-0.2, 0) is 0 Å². The average Bonchev–Trinajstić information content (AvgIpc) is 2.47. The molecule has 3 atom stereocenters. The van der Waals surface area contributed by atoms with Crippen molar-refractivity contribution in [1.29, 1.82) is 0 Å². The van der Waals surface area contributed by atoms with E-state index in [4.69, 9.17) is 4.74 Å². The zero-order chi connectivity index (χ0) is 14.5. The van der Waals surface area contributed by atoms with Gasteiger partial charge in [0.1, 0.15) is 17.7 Å². The smallest absolute Gasteiger partial charge is 0.127 e. The third-order valence-electron chi connectivity index (χ3n) is 4.52. The minimum Gasteiger partial charge on any atom is -0.490 e. The van der Waals surface area contributed by atoms with Crippen molar-refractivity contribution in [3.63, 3.8) is 0 Å². The van der Waals surface area contributed by atoms with Gasteiger partial charge in [0.05, 0.1) is 0 Å². The molecule has 0 bridgehead atoms. The summed E-state index contributed by atoms with van der Waals surface area (Å²) in [6.07, 6.45) is 6.19. The lowest BCUT2D eigenvalue weighted by molar-refractivity contribution is 0.0886. The number of rotatable bonds is 5. The van der Waals surface area contributed by atoms with E-state index in [9.17, 15) is 4.39 Å². The van der Waals surface area contributed by atoms with E-state index in [0.29, 0.717) is 11.7 Å². The molecule has 1 fully saturated rings. The zero-order valence-electron chi connectivity index (χ0n) is 12.8. The van der Waals surface area contributed by atoms with Gasteiger partial charge in [-0.25, -0.2) is 4.39 Å². The Morgan fingerprint density at radius 2 is 2.10 bits per heavy atom. The molecule has 0 amide bonds. The molecule has 1 aromatic rings. The molecular weight excluding hydrogens is 253 g/mol. The first-order valence-corrected chi connectivity index (χ1v) is 7.79. The van der Waals surface area contributed by atoms with Gasteiger partial charge in [-0.15, -0.1) is 0 Å². The summed E-state index contributed by atoms with van der Waals surface area (Å²) in [5.74, 6) is 1.08. The van der Waals surface area contributed by atoms with Crippen molar-refractivity contribution in [2.45, 2.75) is 58.1 Å². The predicted octanol–water partition coefficient (Wildman–Crippen LogP) is 4.45. The van der Waals surface area contributed by atoms with Crippen LogP contribution in [0.15, 0.2) is 18.2 Å². The monoisotopic (exact) mass is 279 g/mol. The third kappa shape index (κ3) is 3.51. The maximum absolute atomic E-state index is 13.5. The molecule has 0 aliphatic heterocycles. The van der Waals surface area contributed by atoms with Gasteiger partial charge < -0.3 is 10.1 Å². The van der Waals surface area contributed by atoms with Crippen molar-refractivity contribution >= 4 is 0 Å². The largest absolute Gasteiger partial charge is 0.490 e. The lowest BCUT2D eigenvalue weighted by Crippen LogP contribution is -2.30. The number of halogens is 1. The zero-order valence-corrected chi connectivity index (χ0v) is 12.8. The molecule has 1 aromatic carbocycles. The van der Waals surface area contributed by atoms with E-state index in [1.165, 1.54) is 31.4 Å². The number of hydrogen-bond acceptors (Lipinski definition) is 2. The number of benzene rings is 1. The molecule has 20 heavy (non-hydrogen) atoms. The summed E-state index contributed by atoms with van der Waals surface area (Å²) in [6.45, 7) is 4.29. The van der Waals surface area contributed by atoms with Gasteiger partial charge in [-0.2, -0.15) is 0 Å². The molecule has 0 spiro atoms. The minimum atomic E-state index is -0.226. The standard InChI is InChI=1S/C17H26FNO/c1-4-13-7-5-6-8-16(13)20-17-11-14(18)9-10-15(17)12(2)19-3/h9-13,16,19H,4-8H2,1-3H3. The summed E-state index contributed by atoms with van der Waals surface area (Å²) in [4.78, 5) is 0. The molecule has 0 aromatic heterocycles. The second kappa shape index (κ2) is 7.07. The van der Waals surface area contributed by atoms with Gasteiger partial charge in [0.25, 0.3) is 0 Å². The molecule has 1 aliphatic rings. The fourth-order valence-electron chi connectivity index (χ4n) is 3.08. The first-order chi connectivity index (χ1) is 9.65. The SMILES string of the molecule is CCC1CCCCC1Oc1cc(F)ccc1C(C)NC. The van der Waals surface area contributed by atoms with Crippen LogP contribution in [0.3, 0.4) is 0 Å². The Hall–Kier alpha value is -1.09. The van der Waals surface area contributed by atoms with E-state index < -0.39 is 0 Å². The van der Waals surface area contributed by atoms with Gasteiger partial charge in [0.15, 0.2) is 0 Å². The fraction of sp³-hybridized carbons (Fsp3) is 0.647. The van der Waals surface area contributed by atoms with Crippen molar-refractivity contribution in [2.75, 3.05) is 7.05 Å². The van der Waals surface area contributed by atoms with Crippen molar-refractivity contribution < 1.29 is 9.13 Å². The highest BCUT2D eigenvalue weighted by molar-refractivity contribution is 5.36. The highest BCUT2D eigenvalue weighted by Gasteiger charge is 2.26. The normalized spacial score (nSPS) is 24.4. The average molecular weight is 279 g/mol. The number of ether oxygens (including phenoxy) is 1. The van der Waals surface area contributed by atoms with Crippen LogP contribution < -0.4 is 10.1 Å². The minimum absolute atomic E-state index is 0.161. The molecule has 2 nitrogen and oxygen atoms in total. The molecule has 1 aliphatic carbocycles. The molecule has 0 heterocycles. The van der Waals surface area contributed by atoms with Crippen LogP contribution in [0, 0.1) is 11.7 Å². The Kier molecular flexibility index (Phi) is 5.41. The molecular formula is C17H26FNO. The van der Waals surface area contributed by atoms with Gasteiger partial charge in [-0.05, 0) is 51.6 Å². The van der Waals surface area contributed by atoms with E-state index in [2.05, 4.69) is 19.2 Å². The summed E-state index contributed by atoms with van der Waals surface area (Å²) in [6, 6.07) is 5.03. The van der Waals surface area contributed by atoms with E-state index in [1.54, 1.807) is 0 Å². The third-order valence-corrected chi connectivity index (χ3v) is 4.52. The summed E-state index contributed by atoms with van der Waals surface area (Å²) in [5, 5.41) is 3.20. The lowest BCUT2D eigenvalue weighted by atomic mass is 9.84. The van der Waals surface area contributed by atoms with E-state index in [-0.39, 0.29) is 18.0 Å². The summed E-state index contributed by atoms with van der Waals surface area (Å²) < 4.78 is 19.8. The Bertz CT molecular complexity index is 435. The van der Waals surface area contributed by atoms with Crippen LogP contribution in [0.4, 0.5) is 4.39 Å². The Balaban J connectivity index is 2.20. The van der Waals surface area contributed by atoms with E-state index in [0.717, 1.165) is 18.4 Å². The molecule has 1 N–H and O–H groups in total. The van der Waals surface area contributed by atoms with Crippen LogP contribution in [0.1, 0.15) is 57.6 Å². The van der Waals surface area contributed by atoms with Crippen LogP contribution in [0.25, 0.3) is 0 Å². The number of hydrogen-bond donors (Lipinski definition) is 1. The Labute approximate surface area is 121 Å². The highest BCUT2D eigenvalue weighted by Crippen LogP contribution is 2.33. The van der Waals surface area contributed by atoms with Gasteiger partial charge in [0, 0.05) is 17.7 Å². The lowest BCUT2D eigenvalue weighted by Gasteiger charge is -2.32. The van der Waals surface area contributed by atoms with Crippen molar-refractivity contribution in [3.05, 3.63) is 29.6 Å². The molecule has 0 radical (unpaired) electrons. The van der Waals surface area contributed by atoms with Crippen molar-refractivity contribution in [1.82, 2.24) is 5.32 Å². The van der Waals surface area contributed by atoms with Gasteiger partial charge >= 0.3 is 0 Å². The van der Waals surface area contributed by atoms with Crippen molar-refractivity contribution in [3.8, 4) is 5.75 Å². The highest BCUT2D eigenvalue weighted by atomic mass is 19.1. The summed E-state index contributed by atoms with van der Waals surface area (Å²) >= 11 is 0. The molecule has 3 unspecified atom stereocenters. The van der Waals surface area contributed by atoms with Gasteiger partial charge in [-0.3, -0.25) is 0 Å². The maximum atomic E-state index is 13.5. The number of nitrogens with one attached hydrogen (secondary N) is 1.